The molecular weight excluding hydrogens is 576 g/mol. The number of amides is 2. The number of nitrogens with one attached hydrogen (secondary N) is 3. The lowest BCUT2D eigenvalue weighted by atomic mass is 10.1. The van der Waals surface area contributed by atoms with Crippen molar-refractivity contribution in [3.8, 4) is 0 Å². The molecule has 0 saturated heterocycles. The average Bonchev–Trinajstić information content (AvgIpc) is 3.63. The maximum Gasteiger partial charge on any atom is 0.261 e. The molecule has 2 amide bonds. The second-order valence-electron chi connectivity index (χ2n) is 8.07. The lowest BCUT2D eigenvalue weighted by Crippen LogP contribution is -2.36. The molecule has 3 aromatic rings. The number of anilines is 2. The summed E-state index contributed by atoms with van der Waals surface area (Å²) in [5.41, 5.74) is 1.77. The van der Waals surface area contributed by atoms with Crippen LogP contribution in [0.4, 0.5) is 11.4 Å². The van der Waals surface area contributed by atoms with E-state index >= 15 is 0 Å². The number of rotatable bonds is 11. The van der Waals surface area contributed by atoms with Crippen LogP contribution in [0.2, 0.25) is 0 Å². The molecule has 10 heteroatoms. The number of hydrogen-bond acceptors (Lipinski definition) is 8. The van der Waals surface area contributed by atoms with Crippen molar-refractivity contribution < 1.29 is 14.7 Å². The summed E-state index contributed by atoms with van der Waals surface area (Å²) < 4.78 is 0. The zero-order valence-corrected chi connectivity index (χ0v) is 29.0. The molecule has 1 aromatic heterocycles. The standard InChI is InChI=1S/C14H14N2O2.C10H14N2O2S.C4H8O.3C2H6/c1-2-8-15-11-12(14(18)13(11)17)16-9-10-6-4-3-5-7-10;1-2-12(8-13)6-5-11-10(14)9-4-3-7-15-9;1-4(2)3-5;3*1-2/h2-8,15-16H,9H2,1H3;3-4,7-8H,2,5-6H2,1H3,(H,11,14);3,5H,1-2H3;3*1-2H3/b8-2+;;;;;. The summed E-state index contributed by atoms with van der Waals surface area (Å²) in [7, 11) is 0. The first kappa shape index (κ1) is 44.3. The van der Waals surface area contributed by atoms with Gasteiger partial charge in [0, 0.05) is 26.2 Å². The van der Waals surface area contributed by atoms with Gasteiger partial charge in [-0.3, -0.25) is 19.2 Å². The molecule has 0 bridgehead atoms. The second-order valence-corrected chi connectivity index (χ2v) is 9.01. The first-order chi connectivity index (χ1) is 21.3. The van der Waals surface area contributed by atoms with Crippen molar-refractivity contribution in [1.29, 1.82) is 0 Å². The van der Waals surface area contributed by atoms with E-state index in [1.54, 1.807) is 23.2 Å². The lowest BCUT2D eigenvalue weighted by Gasteiger charge is -2.14. The highest BCUT2D eigenvalue weighted by Crippen LogP contribution is 2.15. The van der Waals surface area contributed by atoms with Crippen molar-refractivity contribution in [2.45, 2.75) is 75.8 Å². The lowest BCUT2D eigenvalue weighted by molar-refractivity contribution is -0.117. The SMILES string of the molecule is C/C=C/Nc1c(NCc2ccccc2)c(=O)c1=O.CC.CC.CC.CC(C)=CO.CCN(C=O)CCNC(=O)c1cccs1. The molecule has 0 aliphatic carbocycles. The Bertz CT molecular complexity index is 1230. The fourth-order valence-electron chi connectivity index (χ4n) is 2.74. The van der Waals surface area contributed by atoms with Gasteiger partial charge in [-0.25, -0.2) is 0 Å². The Morgan fingerprint density at radius 1 is 0.932 bits per heavy atom. The molecule has 246 valence electrons. The van der Waals surface area contributed by atoms with Crippen molar-refractivity contribution in [1.82, 2.24) is 10.2 Å². The van der Waals surface area contributed by atoms with E-state index in [2.05, 4.69) is 16.0 Å². The fraction of sp³-hybridized carbons (Fsp3) is 0.412. The average molecular weight is 631 g/mol. The van der Waals surface area contributed by atoms with E-state index in [1.807, 2.05) is 111 Å². The molecule has 1 heterocycles. The van der Waals surface area contributed by atoms with Gasteiger partial charge in [0.05, 0.1) is 11.1 Å². The molecule has 44 heavy (non-hydrogen) atoms. The van der Waals surface area contributed by atoms with Crippen LogP contribution in [0.5, 0.6) is 0 Å². The highest BCUT2D eigenvalue weighted by molar-refractivity contribution is 7.12. The first-order valence-corrected chi connectivity index (χ1v) is 15.9. The number of aliphatic hydroxyl groups is 1. The number of benzene rings is 1. The molecule has 0 aliphatic rings. The Morgan fingerprint density at radius 2 is 1.50 bits per heavy atom. The zero-order chi connectivity index (χ0) is 34.3. The smallest absolute Gasteiger partial charge is 0.261 e. The van der Waals surface area contributed by atoms with Gasteiger partial charge in [0.25, 0.3) is 16.8 Å². The van der Waals surface area contributed by atoms with E-state index in [-0.39, 0.29) is 5.91 Å². The van der Waals surface area contributed by atoms with Crippen LogP contribution in [0.25, 0.3) is 0 Å². The molecule has 4 N–H and O–H groups in total. The quantitative estimate of drug-likeness (QED) is 0.0991. The fourth-order valence-corrected chi connectivity index (χ4v) is 3.38. The van der Waals surface area contributed by atoms with Gasteiger partial charge in [-0.1, -0.05) is 84.0 Å². The number of allylic oxidation sites excluding steroid dienone is 2. The Balaban J connectivity index is -0.000000583. The van der Waals surface area contributed by atoms with Crippen LogP contribution in [0.3, 0.4) is 0 Å². The van der Waals surface area contributed by atoms with Crippen LogP contribution < -0.4 is 26.8 Å². The van der Waals surface area contributed by atoms with Gasteiger partial charge in [-0.2, -0.15) is 0 Å². The van der Waals surface area contributed by atoms with Gasteiger partial charge >= 0.3 is 0 Å². The largest absolute Gasteiger partial charge is 0.516 e. The van der Waals surface area contributed by atoms with Crippen LogP contribution >= 0.6 is 11.3 Å². The molecular formula is C34H54N4O5S. The van der Waals surface area contributed by atoms with E-state index in [0.29, 0.717) is 42.4 Å². The van der Waals surface area contributed by atoms with Crippen molar-refractivity contribution in [2.24, 2.45) is 0 Å². The number of aliphatic hydroxyl groups excluding tert-OH is 1. The number of carbonyl (C=O) groups excluding carboxylic acids is 2. The first-order valence-electron chi connectivity index (χ1n) is 15.1. The molecule has 0 atom stereocenters. The summed E-state index contributed by atoms with van der Waals surface area (Å²) in [5.74, 6) is -0.0769. The number of nitrogens with zero attached hydrogens (tertiary/aromatic N) is 1. The molecule has 0 saturated carbocycles. The van der Waals surface area contributed by atoms with Crippen LogP contribution in [-0.4, -0.2) is 42.0 Å². The molecule has 0 spiro atoms. The number of likely N-dealkylation sites (N-methyl/N-ethyl adjacent to an activating group) is 1. The molecule has 9 nitrogen and oxygen atoms in total. The zero-order valence-electron chi connectivity index (χ0n) is 28.2. The Hall–Kier alpha value is -4.18. The van der Waals surface area contributed by atoms with E-state index in [4.69, 9.17) is 5.11 Å². The van der Waals surface area contributed by atoms with Crippen LogP contribution in [0, 0.1) is 0 Å². The molecule has 0 fully saturated rings. The number of thiophene rings is 1. The summed E-state index contributed by atoms with van der Waals surface area (Å²) in [6.45, 7) is 21.6. The second kappa shape index (κ2) is 30.3. The number of hydrogen-bond donors (Lipinski definition) is 4. The van der Waals surface area contributed by atoms with Crippen LogP contribution in [0.15, 0.2) is 81.5 Å². The predicted molar refractivity (Wildman–Crippen MR) is 190 cm³/mol. The maximum absolute atomic E-state index is 11.5. The minimum Gasteiger partial charge on any atom is -0.516 e. The van der Waals surface area contributed by atoms with Gasteiger partial charge in [0.2, 0.25) is 6.41 Å². The van der Waals surface area contributed by atoms with Gasteiger partial charge < -0.3 is 26.0 Å². The van der Waals surface area contributed by atoms with Crippen LogP contribution in [-0.2, 0) is 11.3 Å². The third-order valence-electron chi connectivity index (χ3n) is 4.86. The van der Waals surface area contributed by atoms with Crippen molar-refractivity contribution >= 4 is 35.0 Å². The van der Waals surface area contributed by atoms with Crippen molar-refractivity contribution in [2.75, 3.05) is 30.3 Å². The van der Waals surface area contributed by atoms with Gasteiger partial charge in [0.15, 0.2) is 0 Å². The molecule has 3 rings (SSSR count). The molecule has 0 unspecified atom stereocenters. The third kappa shape index (κ3) is 19.1. The van der Waals surface area contributed by atoms with Gasteiger partial charge in [-0.05, 0) is 56.5 Å². The van der Waals surface area contributed by atoms with Crippen LogP contribution in [0.1, 0.15) is 84.5 Å². The summed E-state index contributed by atoms with van der Waals surface area (Å²) in [4.78, 5) is 47.0. The topological polar surface area (TPSA) is 128 Å². The number of carbonyl (C=O) groups is 2. The maximum atomic E-state index is 11.5. The summed E-state index contributed by atoms with van der Waals surface area (Å²) >= 11 is 1.41. The molecule has 2 aromatic carbocycles. The monoisotopic (exact) mass is 630 g/mol. The Kier molecular flexibility index (Phi) is 30.5. The van der Waals surface area contributed by atoms with Gasteiger partial charge in [0.1, 0.15) is 11.4 Å². The van der Waals surface area contributed by atoms with Gasteiger partial charge in [-0.15, -0.1) is 11.3 Å². The summed E-state index contributed by atoms with van der Waals surface area (Å²) in [6, 6.07) is 13.3. The van der Waals surface area contributed by atoms with E-state index in [0.717, 1.165) is 23.8 Å². The minimum atomic E-state index is -0.469. The summed E-state index contributed by atoms with van der Waals surface area (Å²) in [5, 5.41) is 18.4. The van der Waals surface area contributed by atoms with E-state index in [9.17, 15) is 19.2 Å². The highest BCUT2D eigenvalue weighted by atomic mass is 32.1. The third-order valence-corrected chi connectivity index (χ3v) is 5.73. The molecule has 0 radical (unpaired) electrons. The highest BCUT2D eigenvalue weighted by Gasteiger charge is 2.19. The predicted octanol–water partition coefficient (Wildman–Crippen LogP) is 7.34. The Labute approximate surface area is 268 Å². The normalized spacial score (nSPS) is 8.95. The Morgan fingerprint density at radius 3 is 1.95 bits per heavy atom. The molecule has 0 aliphatic heterocycles. The van der Waals surface area contributed by atoms with E-state index in [1.165, 1.54) is 11.3 Å². The van der Waals surface area contributed by atoms with Crippen molar-refractivity contribution in [3.05, 3.63) is 103 Å². The summed E-state index contributed by atoms with van der Waals surface area (Å²) in [6.07, 6.45) is 5.26. The van der Waals surface area contributed by atoms with Crippen molar-refractivity contribution in [3.63, 3.8) is 0 Å². The van der Waals surface area contributed by atoms with E-state index < -0.39 is 10.9 Å². The minimum absolute atomic E-state index is 0.0769.